The minimum atomic E-state index is -0.638. The van der Waals surface area contributed by atoms with Crippen molar-refractivity contribution in [2.75, 3.05) is 6.54 Å². The number of amides is 2. The number of carbonyl (C=O) groups excluding carboxylic acids is 2. The molecule has 0 aliphatic rings. The maximum atomic E-state index is 13.8. The SMILES string of the molecule is CCCCNC(=O)C(Cc1ccccc1)N(Cc1ccccc1Cl)C(=O)CCc1ccc(C(C)(C)C)cc1. The summed E-state index contributed by atoms with van der Waals surface area (Å²) in [5.74, 6) is -0.186. The molecule has 1 unspecified atom stereocenters. The van der Waals surface area contributed by atoms with Crippen molar-refractivity contribution in [1.29, 1.82) is 0 Å². The van der Waals surface area contributed by atoms with Crippen LogP contribution in [-0.2, 0) is 34.4 Å². The highest BCUT2D eigenvalue weighted by molar-refractivity contribution is 6.31. The van der Waals surface area contributed by atoms with Crippen LogP contribution in [-0.4, -0.2) is 29.3 Å². The van der Waals surface area contributed by atoms with E-state index in [-0.39, 0.29) is 23.8 Å². The van der Waals surface area contributed by atoms with Gasteiger partial charge in [0.15, 0.2) is 0 Å². The Morgan fingerprint density at radius 1 is 0.895 bits per heavy atom. The average molecular weight is 533 g/mol. The average Bonchev–Trinajstić information content (AvgIpc) is 2.90. The molecule has 0 saturated heterocycles. The molecule has 202 valence electrons. The summed E-state index contributed by atoms with van der Waals surface area (Å²) in [5, 5.41) is 3.66. The molecule has 5 heteroatoms. The smallest absolute Gasteiger partial charge is 0.243 e. The summed E-state index contributed by atoms with van der Waals surface area (Å²) in [4.78, 5) is 29.1. The van der Waals surface area contributed by atoms with Crippen molar-refractivity contribution in [3.63, 3.8) is 0 Å². The van der Waals surface area contributed by atoms with E-state index in [1.54, 1.807) is 4.90 Å². The van der Waals surface area contributed by atoms with Gasteiger partial charge in [-0.25, -0.2) is 0 Å². The molecule has 0 aliphatic carbocycles. The third-order valence-electron chi connectivity index (χ3n) is 6.85. The summed E-state index contributed by atoms with van der Waals surface area (Å²) in [6.45, 7) is 9.54. The lowest BCUT2D eigenvalue weighted by Crippen LogP contribution is -2.50. The molecule has 3 aromatic rings. The second-order valence-electron chi connectivity index (χ2n) is 10.9. The zero-order valence-electron chi connectivity index (χ0n) is 23.2. The summed E-state index contributed by atoms with van der Waals surface area (Å²) in [6, 6.07) is 25.3. The number of hydrogen-bond donors (Lipinski definition) is 1. The molecule has 0 spiro atoms. The van der Waals surface area contributed by atoms with E-state index < -0.39 is 6.04 Å². The molecule has 3 aromatic carbocycles. The minimum absolute atomic E-state index is 0.0589. The Morgan fingerprint density at radius 3 is 2.18 bits per heavy atom. The van der Waals surface area contributed by atoms with Crippen LogP contribution in [0.1, 0.15) is 69.2 Å². The normalized spacial score (nSPS) is 12.1. The van der Waals surface area contributed by atoms with Gasteiger partial charge in [-0.15, -0.1) is 0 Å². The van der Waals surface area contributed by atoms with Crippen LogP contribution in [0.25, 0.3) is 0 Å². The molecule has 3 rings (SSSR count). The number of rotatable bonds is 12. The van der Waals surface area contributed by atoms with Crippen LogP contribution in [0.2, 0.25) is 5.02 Å². The fraction of sp³-hybridized carbons (Fsp3) is 0.394. The number of carbonyl (C=O) groups is 2. The fourth-order valence-electron chi connectivity index (χ4n) is 4.44. The minimum Gasteiger partial charge on any atom is -0.354 e. The van der Waals surface area contributed by atoms with E-state index in [1.807, 2.05) is 54.6 Å². The van der Waals surface area contributed by atoms with Gasteiger partial charge in [0.05, 0.1) is 0 Å². The zero-order valence-corrected chi connectivity index (χ0v) is 23.9. The van der Waals surface area contributed by atoms with Crippen LogP contribution in [0.3, 0.4) is 0 Å². The summed E-state index contributed by atoms with van der Waals surface area (Å²) in [7, 11) is 0. The standard InChI is InChI=1S/C33H41ClN2O2/c1-5-6-22-35-32(38)30(23-26-12-8-7-9-13-26)36(24-27-14-10-11-15-29(27)34)31(37)21-18-25-16-19-28(20-17-25)33(2,3)4/h7-17,19-20,30H,5-6,18,21-24H2,1-4H3,(H,35,38). The maximum absolute atomic E-state index is 13.8. The molecule has 0 heterocycles. The fourth-order valence-corrected chi connectivity index (χ4v) is 4.63. The number of halogens is 1. The quantitative estimate of drug-likeness (QED) is 0.252. The Kier molecular flexibility index (Phi) is 11.0. The van der Waals surface area contributed by atoms with Gasteiger partial charge in [-0.2, -0.15) is 0 Å². The van der Waals surface area contributed by atoms with E-state index in [4.69, 9.17) is 11.6 Å². The summed E-state index contributed by atoms with van der Waals surface area (Å²) >= 11 is 6.51. The number of benzene rings is 3. The molecule has 0 fully saturated rings. The molecule has 0 saturated carbocycles. The summed E-state index contributed by atoms with van der Waals surface area (Å²) < 4.78 is 0. The Bertz CT molecular complexity index is 1170. The van der Waals surface area contributed by atoms with Crippen molar-refractivity contribution < 1.29 is 9.59 Å². The molecular formula is C33H41ClN2O2. The van der Waals surface area contributed by atoms with Crippen LogP contribution in [0.15, 0.2) is 78.9 Å². The van der Waals surface area contributed by atoms with Crippen molar-refractivity contribution in [2.24, 2.45) is 0 Å². The molecule has 4 nitrogen and oxygen atoms in total. The van der Waals surface area contributed by atoms with Crippen LogP contribution in [0, 0.1) is 0 Å². The van der Waals surface area contributed by atoms with Crippen molar-refractivity contribution in [3.8, 4) is 0 Å². The number of hydrogen-bond acceptors (Lipinski definition) is 2. The Balaban J connectivity index is 1.87. The van der Waals surface area contributed by atoms with E-state index in [9.17, 15) is 9.59 Å². The molecule has 2 amide bonds. The second kappa shape index (κ2) is 14.2. The van der Waals surface area contributed by atoms with Gasteiger partial charge in [0, 0.05) is 31.0 Å². The number of nitrogens with one attached hydrogen (secondary N) is 1. The van der Waals surface area contributed by atoms with Crippen molar-refractivity contribution >= 4 is 23.4 Å². The lowest BCUT2D eigenvalue weighted by Gasteiger charge is -2.32. The maximum Gasteiger partial charge on any atom is 0.243 e. The first kappa shape index (κ1) is 29.4. The summed E-state index contributed by atoms with van der Waals surface area (Å²) in [6.07, 6.45) is 3.24. The Hall–Kier alpha value is -3.11. The third kappa shape index (κ3) is 8.73. The number of nitrogens with zero attached hydrogens (tertiary/aromatic N) is 1. The van der Waals surface area contributed by atoms with E-state index in [1.165, 1.54) is 5.56 Å². The topological polar surface area (TPSA) is 49.4 Å². The highest BCUT2D eigenvalue weighted by Crippen LogP contribution is 2.24. The molecule has 1 atom stereocenters. The molecule has 38 heavy (non-hydrogen) atoms. The van der Waals surface area contributed by atoms with Gasteiger partial charge in [0.25, 0.3) is 0 Å². The summed E-state index contributed by atoms with van der Waals surface area (Å²) in [5.41, 5.74) is 4.29. The monoisotopic (exact) mass is 532 g/mol. The third-order valence-corrected chi connectivity index (χ3v) is 7.22. The van der Waals surface area contributed by atoms with Gasteiger partial charge in [0.1, 0.15) is 6.04 Å². The molecule has 1 N–H and O–H groups in total. The molecule has 0 radical (unpaired) electrons. The Morgan fingerprint density at radius 2 is 1.55 bits per heavy atom. The number of unbranched alkanes of at least 4 members (excludes halogenated alkanes) is 1. The zero-order chi connectivity index (χ0) is 27.5. The number of aryl methyl sites for hydroxylation is 1. The molecule has 0 aromatic heterocycles. The second-order valence-corrected chi connectivity index (χ2v) is 11.3. The van der Waals surface area contributed by atoms with E-state index in [0.717, 1.165) is 29.5 Å². The van der Waals surface area contributed by atoms with Crippen LogP contribution in [0.5, 0.6) is 0 Å². The van der Waals surface area contributed by atoms with Crippen LogP contribution < -0.4 is 5.32 Å². The van der Waals surface area contributed by atoms with Crippen LogP contribution >= 0.6 is 11.6 Å². The van der Waals surface area contributed by atoms with Gasteiger partial charge in [-0.05, 0) is 46.6 Å². The molecule has 0 bridgehead atoms. The van der Waals surface area contributed by atoms with E-state index in [2.05, 4.69) is 57.3 Å². The Labute approximate surface area is 233 Å². The predicted octanol–water partition coefficient (Wildman–Crippen LogP) is 7.13. The molecule has 0 aliphatic heterocycles. The van der Waals surface area contributed by atoms with Crippen LogP contribution in [0.4, 0.5) is 0 Å². The van der Waals surface area contributed by atoms with E-state index >= 15 is 0 Å². The largest absolute Gasteiger partial charge is 0.354 e. The van der Waals surface area contributed by atoms with E-state index in [0.29, 0.717) is 30.8 Å². The highest BCUT2D eigenvalue weighted by atomic mass is 35.5. The first-order valence-corrected chi connectivity index (χ1v) is 14.0. The van der Waals surface area contributed by atoms with Crippen molar-refractivity contribution in [3.05, 3.63) is 106 Å². The first-order valence-electron chi connectivity index (χ1n) is 13.6. The predicted molar refractivity (Wildman–Crippen MR) is 157 cm³/mol. The van der Waals surface area contributed by atoms with Crippen molar-refractivity contribution in [1.82, 2.24) is 10.2 Å². The van der Waals surface area contributed by atoms with Gasteiger partial charge < -0.3 is 10.2 Å². The van der Waals surface area contributed by atoms with Crippen molar-refractivity contribution in [2.45, 2.75) is 77.8 Å². The van der Waals surface area contributed by atoms with Gasteiger partial charge in [-0.1, -0.05) is 119 Å². The lowest BCUT2D eigenvalue weighted by molar-refractivity contribution is -0.141. The van der Waals surface area contributed by atoms with Gasteiger partial charge in [-0.3, -0.25) is 9.59 Å². The van der Waals surface area contributed by atoms with Gasteiger partial charge >= 0.3 is 0 Å². The lowest BCUT2D eigenvalue weighted by atomic mass is 9.86. The molecular weight excluding hydrogens is 492 g/mol. The first-order chi connectivity index (χ1) is 18.2. The van der Waals surface area contributed by atoms with Gasteiger partial charge in [0.2, 0.25) is 11.8 Å². The highest BCUT2D eigenvalue weighted by Gasteiger charge is 2.30.